The highest BCUT2D eigenvalue weighted by Crippen LogP contribution is 2.43. The highest BCUT2D eigenvalue weighted by atomic mass is 16.5. The highest BCUT2D eigenvalue weighted by Gasteiger charge is 2.22. The molecule has 9 nitrogen and oxygen atoms in total. The van der Waals surface area contributed by atoms with Crippen molar-refractivity contribution in [2.24, 2.45) is 0 Å². The van der Waals surface area contributed by atoms with Gasteiger partial charge in [0.05, 0.1) is 22.6 Å². The van der Waals surface area contributed by atoms with Crippen LogP contribution in [0.3, 0.4) is 0 Å². The van der Waals surface area contributed by atoms with Crippen LogP contribution >= 0.6 is 0 Å². The van der Waals surface area contributed by atoms with E-state index in [1.807, 2.05) is 170 Å². The van der Waals surface area contributed by atoms with Gasteiger partial charge in [-0.25, -0.2) is 24.9 Å². The molecule has 77 heavy (non-hydrogen) atoms. The first-order chi connectivity index (χ1) is 38.1. The second-order valence-electron chi connectivity index (χ2n) is 18.3. The summed E-state index contributed by atoms with van der Waals surface area (Å²) in [6, 6.07) is 81.6. The maximum atomic E-state index is 7.01. The molecule has 8 aromatic carbocycles. The quantitative estimate of drug-likeness (QED) is 0.118. The monoisotopic (exact) mass is 988 g/mol. The molecule has 9 heteroatoms. The molecule has 0 radical (unpaired) electrons. The molecule has 0 unspecified atom stereocenters. The summed E-state index contributed by atoms with van der Waals surface area (Å²) < 4.78 is 7.01. The average molecular weight is 989 g/mol. The van der Waals surface area contributed by atoms with E-state index in [1.165, 1.54) is 0 Å². The lowest BCUT2D eigenvalue weighted by molar-refractivity contribution is 0.485. The Kier molecular flexibility index (Phi) is 12.4. The summed E-state index contributed by atoms with van der Waals surface area (Å²) in [5, 5.41) is 0.961. The van der Waals surface area contributed by atoms with Gasteiger partial charge in [-0.05, 0) is 94.5 Å². The lowest BCUT2D eigenvalue weighted by Crippen LogP contribution is -2.03. The van der Waals surface area contributed by atoms with Gasteiger partial charge in [0.1, 0.15) is 11.5 Å². The Morgan fingerprint density at radius 1 is 0.260 bits per heavy atom. The number of hydrogen-bond donors (Lipinski definition) is 0. The number of para-hydroxylation sites is 1. The van der Waals surface area contributed by atoms with E-state index in [-0.39, 0.29) is 0 Å². The molecule has 0 aliphatic heterocycles. The Labute approximate surface area is 445 Å². The topological polar surface area (TPSA) is 112 Å². The van der Waals surface area contributed by atoms with Crippen molar-refractivity contribution in [1.82, 2.24) is 39.9 Å². The first-order valence-electron chi connectivity index (χ1n) is 25.3. The zero-order chi connectivity index (χ0) is 51.3. The smallest absolute Gasteiger partial charge is 0.164 e. The molecule has 0 aliphatic carbocycles. The summed E-state index contributed by atoms with van der Waals surface area (Å²) in [4.78, 5) is 39.9. The van der Waals surface area contributed by atoms with Crippen LogP contribution in [0.4, 0.5) is 0 Å². The summed E-state index contributed by atoms with van der Waals surface area (Å²) in [6.07, 6.45) is 7.28. The van der Waals surface area contributed by atoms with Crippen LogP contribution in [0.1, 0.15) is 0 Å². The summed E-state index contributed by atoms with van der Waals surface area (Å²) in [5.74, 6) is 3.36. The SMILES string of the molecule is c1ccc(-c2ccc(-c3ccccc3-c3nc(-c4ccccc4-c4ccc(-c5ccccn5)cc4)nc(-c4ccccc4-c4ccc(-c5ncc6ccccc6n5)cc4Oc4cccc(-c5ccccn5)c4)n3)cc2)nc1. The van der Waals surface area contributed by atoms with Gasteiger partial charge in [-0.15, -0.1) is 0 Å². The molecule has 362 valence electrons. The number of benzene rings is 8. The molecule has 5 heterocycles. The Hall–Kier alpha value is -10.6. The predicted octanol–water partition coefficient (Wildman–Crippen LogP) is 16.5. The van der Waals surface area contributed by atoms with E-state index in [0.29, 0.717) is 34.8 Å². The van der Waals surface area contributed by atoms with Gasteiger partial charge >= 0.3 is 0 Å². The first kappa shape index (κ1) is 46.2. The number of pyridine rings is 3. The third-order valence-electron chi connectivity index (χ3n) is 13.5. The summed E-state index contributed by atoms with van der Waals surface area (Å²) in [6.45, 7) is 0. The van der Waals surface area contributed by atoms with Crippen molar-refractivity contribution in [2.75, 3.05) is 0 Å². The van der Waals surface area contributed by atoms with Gasteiger partial charge in [0, 0.05) is 74.7 Å². The van der Waals surface area contributed by atoms with Crippen molar-refractivity contribution in [3.8, 4) is 124 Å². The highest BCUT2D eigenvalue weighted by molar-refractivity contribution is 5.90. The number of rotatable bonds is 12. The molecule has 0 N–H and O–H groups in total. The van der Waals surface area contributed by atoms with E-state index in [0.717, 1.165) is 100 Å². The standard InChI is InChI=1S/C68H44N8O/c1-8-28-63-51(16-1)44-72-65(73-63)50-37-38-56(64(43-50)77-52-18-15-17-49(42-52)62-27-11-14-41-71-62)55-21-4-7-24-59(55)68-75-66(57-22-5-2-19-53(57)45-29-33-47(34-30-45)60-25-9-12-39-69-60)74-67(76-68)58-23-6-3-20-54(58)46-31-35-48(36-32-46)61-26-10-13-40-70-61/h1-44H. The Balaban J connectivity index is 0.978. The molecule has 13 aromatic rings. The van der Waals surface area contributed by atoms with Gasteiger partial charge in [0.2, 0.25) is 0 Å². The van der Waals surface area contributed by atoms with E-state index in [9.17, 15) is 0 Å². The van der Waals surface area contributed by atoms with Crippen LogP contribution < -0.4 is 4.74 Å². The van der Waals surface area contributed by atoms with Crippen LogP contribution in [0.15, 0.2) is 267 Å². The Morgan fingerprint density at radius 3 is 1.26 bits per heavy atom. The number of ether oxygens (including phenoxy) is 1. The van der Waals surface area contributed by atoms with E-state index < -0.39 is 0 Å². The molecule has 0 amide bonds. The fraction of sp³-hybridized carbons (Fsp3) is 0. The van der Waals surface area contributed by atoms with Crippen LogP contribution in [0.5, 0.6) is 11.5 Å². The molecule has 0 bridgehead atoms. The predicted molar refractivity (Wildman–Crippen MR) is 307 cm³/mol. The minimum absolute atomic E-state index is 0.492. The van der Waals surface area contributed by atoms with Crippen molar-refractivity contribution < 1.29 is 4.74 Å². The van der Waals surface area contributed by atoms with Gasteiger partial charge in [-0.1, -0.05) is 176 Å². The lowest BCUT2D eigenvalue weighted by Gasteiger charge is -2.17. The molecule has 0 saturated carbocycles. The van der Waals surface area contributed by atoms with E-state index >= 15 is 0 Å². The normalized spacial score (nSPS) is 11.1. The molecule has 0 fully saturated rings. The maximum absolute atomic E-state index is 7.01. The van der Waals surface area contributed by atoms with Crippen LogP contribution in [0, 0.1) is 0 Å². The van der Waals surface area contributed by atoms with E-state index in [4.69, 9.17) is 29.7 Å². The molecule has 0 atom stereocenters. The van der Waals surface area contributed by atoms with Crippen molar-refractivity contribution >= 4 is 10.9 Å². The van der Waals surface area contributed by atoms with Gasteiger partial charge in [-0.2, -0.15) is 0 Å². The van der Waals surface area contributed by atoms with Crippen LogP contribution in [-0.4, -0.2) is 39.9 Å². The maximum Gasteiger partial charge on any atom is 0.164 e. The number of nitrogens with zero attached hydrogens (tertiary/aromatic N) is 8. The van der Waals surface area contributed by atoms with E-state index in [1.54, 1.807) is 6.20 Å². The van der Waals surface area contributed by atoms with E-state index in [2.05, 4.69) is 106 Å². The van der Waals surface area contributed by atoms with Crippen molar-refractivity contribution in [2.45, 2.75) is 0 Å². The molecule has 0 spiro atoms. The van der Waals surface area contributed by atoms with Crippen LogP contribution in [-0.2, 0) is 0 Å². The van der Waals surface area contributed by atoms with Gasteiger partial charge in [0.25, 0.3) is 0 Å². The summed E-state index contributed by atoms with van der Waals surface area (Å²) in [7, 11) is 0. The van der Waals surface area contributed by atoms with Crippen molar-refractivity contribution in [1.29, 1.82) is 0 Å². The molecule has 0 aliphatic rings. The zero-order valence-corrected chi connectivity index (χ0v) is 41.4. The average Bonchev–Trinajstić information content (AvgIpc) is 3.53. The third kappa shape index (κ3) is 9.60. The minimum atomic E-state index is 0.492. The molecule has 13 rings (SSSR count). The zero-order valence-electron chi connectivity index (χ0n) is 41.4. The molecule has 5 aromatic heterocycles. The van der Waals surface area contributed by atoms with Gasteiger partial charge < -0.3 is 4.74 Å². The molecular formula is C68H44N8O. The van der Waals surface area contributed by atoms with Crippen molar-refractivity contribution in [3.05, 3.63) is 267 Å². The lowest BCUT2D eigenvalue weighted by atomic mass is 9.95. The number of fused-ring (bicyclic) bond motifs is 1. The van der Waals surface area contributed by atoms with Crippen LogP contribution in [0.25, 0.3) is 124 Å². The van der Waals surface area contributed by atoms with Crippen molar-refractivity contribution in [3.63, 3.8) is 0 Å². The minimum Gasteiger partial charge on any atom is -0.457 e. The Morgan fingerprint density at radius 2 is 0.714 bits per heavy atom. The number of aromatic nitrogens is 8. The third-order valence-corrected chi connectivity index (χ3v) is 13.5. The number of hydrogen-bond acceptors (Lipinski definition) is 9. The fourth-order valence-corrected chi connectivity index (χ4v) is 9.68. The fourth-order valence-electron chi connectivity index (χ4n) is 9.68. The van der Waals surface area contributed by atoms with Crippen LogP contribution in [0.2, 0.25) is 0 Å². The summed E-state index contributed by atoms with van der Waals surface area (Å²) in [5.41, 5.74) is 15.4. The largest absolute Gasteiger partial charge is 0.457 e. The second kappa shape index (κ2) is 20.7. The Bertz CT molecular complexity index is 4090. The second-order valence-corrected chi connectivity index (χ2v) is 18.3. The summed E-state index contributed by atoms with van der Waals surface area (Å²) >= 11 is 0. The molecule has 0 saturated heterocycles. The van der Waals surface area contributed by atoms with Gasteiger partial charge in [-0.3, -0.25) is 15.0 Å². The molecular weight excluding hydrogens is 945 g/mol. The first-order valence-corrected chi connectivity index (χ1v) is 25.3. The van der Waals surface area contributed by atoms with Gasteiger partial charge in [0.15, 0.2) is 23.3 Å².